The number of anilines is 1. The largest absolute Gasteiger partial charge is 0.378 e. The molecule has 2 unspecified atom stereocenters. The van der Waals surface area contributed by atoms with Crippen molar-refractivity contribution < 1.29 is 0 Å². The molecule has 0 radical (unpaired) electrons. The zero-order chi connectivity index (χ0) is 12.5. The van der Waals surface area contributed by atoms with Gasteiger partial charge in [-0.3, -0.25) is 0 Å². The number of hydrogen-bond acceptors (Lipinski definition) is 2. The zero-order valence-electron chi connectivity index (χ0n) is 10.6. The Hall–Kier alpha value is -0.730. The van der Waals surface area contributed by atoms with Crippen LogP contribution in [-0.2, 0) is 0 Å². The molecule has 3 N–H and O–H groups in total. The Morgan fingerprint density at radius 2 is 2.29 bits per heavy atom. The number of nitrogens with one attached hydrogen (secondary N) is 1. The van der Waals surface area contributed by atoms with Crippen molar-refractivity contribution in [2.24, 2.45) is 11.7 Å². The van der Waals surface area contributed by atoms with E-state index in [1.165, 1.54) is 6.42 Å². The average molecular weight is 253 g/mol. The van der Waals surface area contributed by atoms with Crippen molar-refractivity contribution in [2.45, 2.75) is 38.6 Å². The maximum Gasteiger partial charge on any atom is 0.0498 e. The van der Waals surface area contributed by atoms with E-state index < -0.39 is 0 Å². The predicted molar refractivity (Wildman–Crippen MR) is 74.6 cm³/mol. The van der Waals surface area contributed by atoms with Crippen LogP contribution in [0, 0.1) is 12.8 Å². The zero-order valence-corrected chi connectivity index (χ0v) is 11.3. The molecule has 1 aliphatic carbocycles. The molecule has 2 nitrogen and oxygen atoms in total. The Balaban J connectivity index is 2.16. The van der Waals surface area contributed by atoms with Crippen LogP contribution in [0.4, 0.5) is 5.69 Å². The van der Waals surface area contributed by atoms with Crippen LogP contribution in [0.5, 0.6) is 0 Å². The number of benzene rings is 1. The van der Waals surface area contributed by atoms with Gasteiger partial charge in [0.1, 0.15) is 0 Å². The van der Waals surface area contributed by atoms with Crippen molar-refractivity contribution in [3.8, 4) is 0 Å². The molecule has 17 heavy (non-hydrogen) atoms. The van der Waals surface area contributed by atoms with Gasteiger partial charge in [0, 0.05) is 22.8 Å². The Bertz CT molecular complexity index is 405. The van der Waals surface area contributed by atoms with Gasteiger partial charge in [-0.2, -0.15) is 0 Å². The molecular weight excluding hydrogens is 232 g/mol. The van der Waals surface area contributed by atoms with E-state index in [9.17, 15) is 0 Å². The van der Waals surface area contributed by atoms with E-state index >= 15 is 0 Å². The molecule has 0 saturated heterocycles. The van der Waals surface area contributed by atoms with Crippen LogP contribution in [0.15, 0.2) is 18.2 Å². The SMILES string of the molecule is Cc1ccc(NC2(CN)CCC(C)C2)cc1Cl. The van der Waals surface area contributed by atoms with E-state index in [0.717, 1.165) is 35.0 Å². The number of hydrogen-bond donors (Lipinski definition) is 2. The molecule has 2 atom stereocenters. The summed E-state index contributed by atoms with van der Waals surface area (Å²) in [7, 11) is 0. The smallest absolute Gasteiger partial charge is 0.0498 e. The van der Waals surface area contributed by atoms with Crippen molar-refractivity contribution in [3.63, 3.8) is 0 Å². The molecule has 1 aromatic carbocycles. The first-order valence-corrected chi connectivity index (χ1v) is 6.67. The Kier molecular flexibility index (Phi) is 3.64. The third kappa shape index (κ3) is 2.75. The lowest BCUT2D eigenvalue weighted by atomic mass is 9.95. The fraction of sp³-hybridized carbons (Fsp3) is 0.571. The Morgan fingerprint density at radius 3 is 2.82 bits per heavy atom. The van der Waals surface area contributed by atoms with Crippen molar-refractivity contribution in [1.82, 2.24) is 0 Å². The van der Waals surface area contributed by atoms with Crippen LogP contribution in [0.3, 0.4) is 0 Å². The highest BCUT2D eigenvalue weighted by Crippen LogP contribution is 2.36. The molecule has 2 rings (SSSR count). The van der Waals surface area contributed by atoms with Crippen molar-refractivity contribution in [3.05, 3.63) is 28.8 Å². The van der Waals surface area contributed by atoms with Gasteiger partial charge in [0.15, 0.2) is 0 Å². The summed E-state index contributed by atoms with van der Waals surface area (Å²) in [4.78, 5) is 0. The summed E-state index contributed by atoms with van der Waals surface area (Å²) in [5.41, 5.74) is 8.21. The topological polar surface area (TPSA) is 38.0 Å². The van der Waals surface area contributed by atoms with Crippen LogP contribution in [0.2, 0.25) is 5.02 Å². The number of aryl methyl sites for hydroxylation is 1. The van der Waals surface area contributed by atoms with Crippen LogP contribution in [0.25, 0.3) is 0 Å². The summed E-state index contributed by atoms with van der Waals surface area (Å²) < 4.78 is 0. The summed E-state index contributed by atoms with van der Waals surface area (Å²) in [6.45, 7) is 4.99. The van der Waals surface area contributed by atoms with E-state index in [2.05, 4.69) is 18.3 Å². The Labute approximate surface area is 109 Å². The summed E-state index contributed by atoms with van der Waals surface area (Å²) in [6.07, 6.45) is 3.55. The van der Waals surface area contributed by atoms with Gasteiger partial charge in [-0.15, -0.1) is 0 Å². The number of rotatable bonds is 3. The summed E-state index contributed by atoms with van der Waals surface area (Å²) >= 11 is 6.15. The minimum atomic E-state index is 0.0675. The summed E-state index contributed by atoms with van der Waals surface area (Å²) in [5.74, 6) is 0.756. The third-order valence-corrected chi connectivity index (χ3v) is 4.23. The van der Waals surface area contributed by atoms with Crippen LogP contribution < -0.4 is 11.1 Å². The van der Waals surface area contributed by atoms with Gasteiger partial charge in [-0.05, 0) is 49.8 Å². The maximum absolute atomic E-state index is 6.15. The Morgan fingerprint density at radius 1 is 1.53 bits per heavy atom. The lowest BCUT2D eigenvalue weighted by Crippen LogP contribution is -2.43. The van der Waals surface area contributed by atoms with Crippen molar-refractivity contribution in [2.75, 3.05) is 11.9 Å². The number of nitrogens with two attached hydrogens (primary N) is 1. The molecule has 1 aliphatic rings. The molecule has 1 fully saturated rings. The molecule has 0 aromatic heterocycles. The van der Waals surface area contributed by atoms with Gasteiger partial charge in [-0.25, -0.2) is 0 Å². The highest BCUT2D eigenvalue weighted by molar-refractivity contribution is 6.31. The minimum absolute atomic E-state index is 0.0675. The minimum Gasteiger partial charge on any atom is -0.378 e. The van der Waals surface area contributed by atoms with Crippen LogP contribution in [-0.4, -0.2) is 12.1 Å². The van der Waals surface area contributed by atoms with Gasteiger partial charge >= 0.3 is 0 Å². The fourth-order valence-corrected chi connectivity index (χ4v) is 2.90. The monoisotopic (exact) mass is 252 g/mol. The molecule has 0 heterocycles. The van der Waals surface area contributed by atoms with Crippen LogP contribution in [0.1, 0.15) is 31.7 Å². The summed E-state index contributed by atoms with van der Waals surface area (Å²) in [6, 6.07) is 6.13. The highest BCUT2D eigenvalue weighted by Gasteiger charge is 2.36. The van der Waals surface area contributed by atoms with E-state index in [-0.39, 0.29) is 5.54 Å². The van der Waals surface area contributed by atoms with Gasteiger partial charge in [0.2, 0.25) is 0 Å². The second-order valence-corrected chi connectivity index (χ2v) is 5.83. The fourth-order valence-electron chi connectivity index (χ4n) is 2.72. The van der Waals surface area contributed by atoms with Gasteiger partial charge in [0.05, 0.1) is 0 Å². The maximum atomic E-state index is 6.15. The summed E-state index contributed by atoms with van der Waals surface area (Å²) in [5, 5.41) is 4.41. The van der Waals surface area contributed by atoms with E-state index in [4.69, 9.17) is 17.3 Å². The van der Waals surface area contributed by atoms with Gasteiger partial charge < -0.3 is 11.1 Å². The lowest BCUT2D eigenvalue weighted by molar-refractivity contribution is 0.470. The lowest BCUT2D eigenvalue weighted by Gasteiger charge is -2.30. The molecule has 1 aromatic rings. The first-order chi connectivity index (χ1) is 8.04. The van der Waals surface area contributed by atoms with Gasteiger partial charge in [-0.1, -0.05) is 24.6 Å². The van der Waals surface area contributed by atoms with Crippen molar-refractivity contribution in [1.29, 1.82) is 0 Å². The molecular formula is C14H21ClN2. The normalized spacial score (nSPS) is 28.4. The molecule has 94 valence electrons. The standard InChI is InChI=1S/C14H21ClN2/c1-10-5-6-14(8-10,9-16)17-12-4-3-11(2)13(15)7-12/h3-4,7,10,17H,5-6,8-9,16H2,1-2H3. The van der Waals surface area contributed by atoms with E-state index in [1.807, 2.05) is 19.1 Å². The van der Waals surface area contributed by atoms with Crippen LogP contribution >= 0.6 is 11.6 Å². The van der Waals surface area contributed by atoms with E-state index in [1.54, 1.807) is 0 Å². The first-order valence-electron chi connectivity index (χ1n) is 6.29. The molecule has 0 spiro atoms. The molecule has 1 saturated carbocycles. The molecule has 0 aliphatic heterocycles. The second-order valence-electron chi connectivity index (χ2n) is 5.42. The van der Waals surface area contributed by atoms with Gasteiger partial charge in [0.25, 0.3) is 0 Å². The number of halogens is 1. The highest BCUT2D eigenvalue weighted by atomic mass is 35.5. The third-order valence-electron chi connectivity index (χ3n) is 3.83. The van der Waals surface area contributed by atoms with Crippen molar-refractivity contribution >= 4 is 17.3 Å². The van der Waals surface area contributed by atoms with E-state index in [0.29, 0.717) is 6.54 Å². The second kappa shape index (κ2) is 4.87. The molecule has 3 heteroatoms. The molecule has 0 amide bonds. The molecule has 0 bridgehead atoms. The first kappa shape index (κ1) is 12.7. The quantitative estimate of drug-likeness (QED) is 0.863. The predicted octanol–water partition coefficient (Wildman–Crippen LogP) is 3.58. The average Bonchev–Trinajstić information content (AvgIpc) is 2.66.